The van der Waals surface area contributed by atoms with Crippen LogP contribution < -0.4 is 10.2 Å². The molecule has 3 rings (SSSR count). The second kappa shape index (κ2) is 7.68. The van der Waals surface area contributed by atoms with E-state index in [0.717, 1.165) is 37.1 Å². The topological polar surface area (TPSA) is 86.7 Å². The van der Waals surface area contributed by atoms with Gasteiger partial charge in [-0.3, -0.25) is 14.4 Å². The molecule has 0 bridgehead atoms. The number of hydrogen-bond acceptors (Lipinski definition) is 3. The van der Waals surface area contributed by atoms with Crippen LogP contribution in [0.4, 0.5) is 5.69 Å². The number of anilines is 1. The van der Waals surface area contributed by atoms with Gasteiger partial charge in [0.1, 0.15) is 0 Å². The summed E-state index contributed by atoms with van der Waals surface area (Å²) >= 11 is 0. The Bertz CT molecular complexity index is 656. The maximum Gasteiger partial charge on any atom is 0.307 e. The second-order valence-corrected chi connectivity index (χ2v) is 6.87. The summed E-state index contributed by atoms with van der Waals surface area (Å²) in [5, 5.41) is 12.2. The predicted molar refractivity (Wildman–Crippen MR) is 93.0 cm³/mol. The highest BCUT2D eigenvalue weighted by molar-refractivity contribution is 5.95. The number of hydrogen-bond donors (Lipinski definition) is 2. The molecule has 0 aromatic heterocycles. The van der Waals surface area contributed by atoms with Crippen LogP contribution >= 0.6 is 0 Å². The summed E-state index contributed by atoms with van der Waals surface area (Å²) in [5.74, 6) is -1.91. The highest BCUT2D eigenvalue weighted by atomic mass is 16.4. The molecule has 1 heterocycles. The average molecular weight is 344 g/mol. The van der Waals surface area contributed by atoms with E-state index in [1.54, 1.807) is 4.90 Å². The quantitative estimate of drug-likeness (QED) is 0.858. The van der Waals surface area contributed by atoms with Crippen LogP contribution in [0.15, 0.2) is 24.3 Å². The first-order chi connectivity index (χ1) is 12.1. The zero-order valence-corrected chi connectivity index (χ0v) is 14.2. The Morgan fingerprint density at radius 2 is 1.76 bits per heavy atom. The molecule has 1 saturated heterocycles. The number of carboxylic acid groups (broad SMARTS) is 1. The van der Waals surface area contributed by atoms with Crippen LogP contribution in [-0.4, -0.2) is 29.4 Å². The van der Waals surface area contributed by atoms with Gasteiger partial charge >= 0.3 is 5.97 Å². The molecule has 1 aromatic carbocycles. The van der Waals surface area contributed by atoms with Gasteiger partial charge in [-0.05, 0) is 37.0 Å². The monoisotopic (exact) mass is 344 g/mol. The number of nitrogens with zero attached hydrogens (tertiary/aromatic N) is 1. The fourth-order valence-corrected chi connectivity index (χ4v) is 3.78. The Labute approximate surface area is 147 Å². The summed E-state index contributed by atoms with van der Waals surface area (Å²) < 4.78 is 0. The SMILES string of the molecule is O=C(O)C1CCCCC1C(=O)NCc1ccc(N2CCCC2=O)cc1. The van der Waals surface area contributed by atoms with E-state index in [9.17, 15) is 19.5 Å². The first-order valence-corrected chi connectivity index (χ1v) is 8.96. The highest BCUT2D eigenvalue weighted by Gasteiger charge is 2.35. The molecule has 0 radical (unpaired) electrons. The van der Waals surface area contributed by atoms with E-state index in [-0.39, 0.29) is 11.8 Å². The number of amides is 2. The van der Waals surface area contributed by atoms with Crippen molar-refractivity contribution in [1.82, 2.24) is 5.32 Å². The van der Waals surface area contributed by atoms with Crippen molar-refractivity contribution in [1.29, 1.82) is 0 Å². The van der Waals surface area contributed by atoms with E-state index < -0.39 is 17.8 Å². The van der Waals surface area contributed by atoms with Crippen LogP contribution in [-0.2, 0) is 20.9 Å². The third kappa shape index (κ3) is 4.00. The number of nitrogens with one attached hydrogen (secondary N) is 1. The molecular weight excluding hydrogens is 320 g/mol. The van der Waals surface area contributed by atoms with E-state index in [0.29, 0.717) is 25.8 Å². The molecule has 0 spiro atoms. The highest BCUT2D eigenvalue weighted by Crippen LogP contribution is 2.30. The summed E-state index contributed by atoms with van der Waals surface area (Å²) in [6, 6.07) is 7.59. The van der Waals surface area contributed by atoms with Crippen LogP contribution in [0.2, 0.25) is 0 Å². The van der Waals surface area contributed by atoms with Crippen molar-refractivity contribution in [3.05, 3.63) is 29.8 Å². The van der Waals surface area contributed by atoms with Crippen LogP contribution in [0, 0.1) is 11.8 Å². The predicted octanol–water partition coefficient (Wildman–Crippen LogP) is 2.32. The van der Waals surface area contributed by atoms with Gasteiger partial charge in [-0.2, -0.15) is 0 Å². The van der Waals surface area contributed by atoms with Gasteiger partial charge in [0, 0.05) is 25.2 Å². The van der Waals surface area contributed by atoms with Crippen LogP contribution in [0.5, 0.6) is 0 Å². The van der Waals surface area contributed by atoms with Crippen molar-refractivity contribution < 1.29 is 19.5 Å². The van der Waals surface area contributed by atoms with Crippen molar-refractivity contribution in [2.24, 2.45) is 11.8 Å². The number of carbonyl (C=O) groups is 3. The number of benzene rings is 1. The molecule has 2 N–H and O–H groups in total. The Kier molecular flexibility index (Phi) is 5.36. The Morgan fingerprint density at radius 3 is 2.36 bits per heavy atom. The zero-order chi connectivity index (χ0) is 17.8. The lowest BCUT2D eigenvalue weighted by atomic mass is 9.78. The van der Waals surface area contributed by atoms with E-state index in [2.05, 4.69) is 5.32 Å². The van der Waals surface area contributed by atoms with E-state index in [1.165, 1.54) is 0 Å². The third-order valence-electron chi connectivity index (χ3n) is 5.21. The van der Waals surface area contributed by atoms with E-state index in [1.807, 2.05) is 24.3 Å². The fraction of sp³-hybridized carbons (Fsp3) is 0.526. The van der Waals surface area contributed by atoms with Gasteiger partial charge in [0.15, 0.2) is 0 Å². The Hall–Kier alpha value is -2.37. The standard InChI is InChI=1S/C19H24N2O4/c22-17-6-3-11-21(17)14-9-7-13(8-10-14)12-20-18(23)15-4-1-2-5-16(15)19(24)25/h7-10,15-16H,1-6,11-12H2,(H,20,23)(H,24,25). The normalized spacial score (nSPS) is 23.5. The lowest BCUT2D eigenvalue weighted by Crippen LogP contribution is -2.39. The molecule has 6 heteroatoms. The van der Waals surface area contributed by atoms with Gasteiger partial charge in [0.25, 0.3) is 0 Å². The van der Waals surface area contributed by atoms with Crippen LogP contribution in [0.1, 0.15) is 44.1 Å². The number of rotatable bonds is 5. The molecule has 1 saturated carbocycles. The van der Waals surface area contributed by atoms with Crippen LogP contribution in [0.25, 0.3) is 0 Å². The maximum absolute atomic E-state index is 12.4. The Morgan fingerprint density at radius 1 is 1.08 bits per heavy atom. The maximum atomic E-state index is 12.4. The molecule has 2 atom stereocenters. The lowest BCUT2D eigenvalue weighted by Gasteiger charge is -2.27. The van der Waals surface area contributed by atoms with Gasteiger partial charge in [0.05, 0.1) is 11.8 Å². The van der Waals surface area contributed by atoms with Crippen molar-refractivity contribution in [2.75, 3.05) is 11.4 Å². The first kappa shape index (κ1) is 17.5. The van der Waals surface area contributed by atoms with Crippen molar-refractivity contribution in [2.45, 2.75) is 45.1 Å². The first-order valence-electron chi connectivity index (χ1n) is 8.96. The van der Waals surface area contributed by atoms with Crippen molar-refractivity contribution in [3.63, 3.8) is 0 Å². The summed E-state index contributed by atoms with van der Waals surface area (Å²) in [5.41, 5.74) is 1.82. The largest absolute Gasteiger partial charge is 0.481 e. The molecule has 2 aliphatic rings. The van der Waals surface area contributed by atoms with Gasteiger partial charge in [-0.25, -0.2) is 0 Å². The van der Waals surface area contributed by atoms with Gasteiger partial charge in [-0.1, -0.05) is 25.0 Å². The molecular formula is C19H24N2O4. The third-order valence-corrected chi connectivity index (χ3v) is 5.21. The molecule has 1 aliphatic heterocycles. The summed E-state index contributed by atoms with van der Waals surface area (Å²) in [6.45, 7) is 1.13. The minimum Gasteiger partial charge on any atom is -0.481 e. The summed E-state index contributed by atoms with van der Waals surface area (Å²) in [6.07, 6.45) is 4.48. The molecule has 2 unspecified atom stereocenters. The van der Waals surface area contributed by atoms with Gasteiger partial charge < -0.3 is 15.3 Å². The summed E-state index contributed by atoms with van der Waals surface area (Å²) in [4.78, 5) is 37.2. The van der Waals surface area contributed by atoms with Crippen molar-refractivity contribution >= 4 is 23.5 Å². The van der Waals surface area contributed by atoms with Gasteiger partial charge in [-0.15, -0.1) is 0 Å². The minimum absolute atomic E-state index is 0.151. The molecule has 6 nitrogen and oxygen atoms in total. The summed E-state index contributed by atoms with van der Waals surface area (Å²) in [7, 11) is 0. The molecule has 134 valence electrons. The molecule has 2 amide bonds. The number of carbonyl (C=O) groups excluding carboxylic acids is 2. The van der Waals surface area contributed by atoms with Crippen molar-refractivity contribution in [3.8, 4) is 0 Å². The lowest BCUT2D eigenvalue weighted by molar-refractivity contribution is -0.148. The molecule has 2 fully saturated rings. The van der Waals surface area contributed by atoms with E-state index in [4.69, 9.17) is 0 Å². The minimum atomic E-state index is -0.875. The second-order valence-electron chi connectivity index (χ2n) is 6.87. The van der Waals surface area contributed by atoms with E-state index >= 15 is 0 Å². The Balaban J connectivity index is 1.56. The van der Waals surface area contributed by atoms with Crippen LogP contribution in [0.3, 0.4) is 0 Å². The smallest absolute Gasteiger partial charge is 0.307 e. The average Bonchev–Trinajstić information content (AvgIpc) is 3.06. The zero-order valence-electron chi connectivity index (χ0n) is 14.2. The number of carboxylic acids is 1. The fourth-order valence-electron chi connectivity index (χ4n) is 3.78. The number of aliphatic carboxylic acids is 1. The molecule has 25 heavy (non-hydrogen) atoms. The van der Waals surface area contributed by atoms with Gasteiger partial charge in [0.2, 0.25) is 11.8 Å². The molecule has 1 aliphatic carbocycles. The molecule has 1 aromatic rings.